The second kappa shape index (κ2) is 12.8. The third kappa shape index (κ3) is 6.14. The van der Waals surface area contributed by atoms with E-state index in [0.717, 1.165) is 7.05 Å². The number of aliphatic hydroxyl groups excluding tert-OH is 2. The summed E-state index contributed by atoms with van der Waals surface area (Å²) in [6.45, 7) is 4.31. The van der Waals surface area contributed by atoms with E-state index < -0.39 is 71.5 Å². The molecule has 1 aromatic carbocycles. The molecule has 3 rings (SSSR count). The summed E-state index contributed by atoms with van der Waals surface area (Å²) in [4.78, 5) is 39.4. The van der Waals surface area contributed by atoms with Crippen LogP contribution in [0.15, 0.2) is 53.1 Å². The number of carbonyl (C=O) groups is 3. The standard InChI is InChI=1S/C26H33BFN3O12/c1-14(33)20(34)18-17(11-31(22(18)35)25(39,23(36)29-2)26(40,41)24(37,38)13-32)21(27)43-12-16-5-3-4-15(19(16)28)10-30-6-8-42-9-7-30/h3-5,13,33-34,37-41H,1,6-12,27H2,2H3,(H,29,36)/b20-18-,21-17+. The number of carbonyl (C=O) groups excluding carboxylic acids is 3. The maximum atomic E-state index is 15.3. The Hall–Kier alpha value is -3.84. The van der Waals surface area contributed by atoms with Gasteiger partial charge in [-0.05, 0) is 0 Å². The van der Waals surface area contributed by atoms with Crippen molar-refractivity contribution in [3.8, 4) is 0 Å². The fourth-order valence-electron chi connectivity index (χ4n) is 4.63. The number of aldehydes is 1. The first-order chi connectivity index (χ1) is 20.0. The third-order valence-electron chi connectivity index (χ3n) is 7.21. The van der Waals surface area contributed by atoms with Gasteiger partial charge in [0.05, 0.1) is 31.0 Å². The number of rotatable bonds is 11. The summed E-state index contributed by atoms with van der Waals surface area (Å²) >= 11 is 0. The fraction of sp³-hybridized carbons (Fsp3) is 0.423. The van der Waals surface area contributed by atoms with Crippen LogP contribution in [-0.2, 0) is 37.0 Å². The minimum atomic E-state index is -4.46. The van der Waals surface area contributed by atoms with Gasteiger partial charge in [0.1, 0.15) is 12.4 Å². The number of hydrogen-bond donors (Lipinski definition) is 8. The van der Waals surface area contributed by atoms with E-state index in [0.29, 0.717) is 38.4 Å². The summed E-state index contributed by atoms with van der Waals surface area (Å²) < 4.78 is 26.3. The highest BCUT2D eigenvalue weighted by Gasteiger charge is 2.71. The predicted octanol–water partition coefficient (Wildman–Crippen LogP) is -3.26. The molecule has 1 atom stereocenters. The average Bonchev–Trinajstić information content (AvgIpc) is 3.33. The van der Waals surface area contributed by atoms with E-state index in [4.69, 9.17) is 9.47 Å². The molecule has 2 aliphatic heterocycles. The zero-order valence-electron chi connectivity index (χ0n) is 23.4. The third-order valence-corrected chi connectivity index (χ3v) is 7.21. The minimum absolute atomic E-state index is 0.00323. The van der Waals surface area contributed by atoms with Crippen molar-refractivity contribution in [1.82, 2.24) is 15.1 Å². The Kier molecular flexibility index (Phi) is 10.0. The molecule has 2 saturated heterocycles. The van der Waals surface area contributed by atoms with Crippen LogP contribution in [0.25, 0.3) is 0 Å². The molecule has 8 N–H and O–H groups in total. The van der Waals surface area contributed by atoms with Gasteiger partial charge in [-0.1, -0.05) is 24.8 Å². The number of likely N-dealkylation sites (tertiary alicyclic amines) is 1. The number of amides is 2. The second-order valence-corrected chi connectivity index (χ2v) is 9.93. The summed E-state index contributed by atoms with van der Waals surface area (Å²) in [7, 11) is 2.14. The molecule has 2 fully saturated rings. The Morgan fingerprint density at radius 1 is 1.19 bits per heavy atom. The van der Waals surface area contributed by atoms with Crippen LogP contribution in [0.2, 0.25) is 0 Å². The summed E-state index contributed by atoms with van der Waals surface area (Å²) in [5.74, 6) is -14.8. The number of ether oxygens (including phenoxy) is 2. The molecule has 1 aromatic rings. The maximum absolute atomic E-state index is 15.3. The van der Waals surface area contributed by atoms with Gasteiger partial charge in [0, 0.05) is 43.4 Å². The maximum Gasteiger partial charge on any atom is 0.285 e. The lowest BCUT2D eigenvalue weighted by Gasteiger charge is -2.46. The average molecular weight is 609 g/mol. The molecule has 15 nitrogen and oxygen atoms in total. The highest BCUT2D eigenvalue weighted by Crippen LogP contribution is 2.40. The normalized spacial score (nSPS) is 20.3. The van der Waals surface area contributed by atoms with E-state index >= 15 is 4.39 Å². The number of benzene rings is 1. The molecule has 0 radical (unpaired) electrons. The molecule has 2 amide bonds. The molecule has 43 heavy (non-hydrogen) atoms. The Bertz CT molecular complexity index is 1360. The first kappa shape index (κ1) is 33.7. The van der Waals surface area contributed by atoms with Crippen molar-refractivity contribution in [2.75, 3.05) is 39.9 Å². The van der Waals surface area contributed by atoms with E-state index in [-0.39, 0.29) is 21.7 Å². The smallest absolute Gasteiger partial charge is 0.285 e. The summed E-state index contributed by atoms with van der Waals surface area (Å²) in [6, 6.07) is 4.67. The quantitative estimate of drug-likeness (QED) is 0.0406. The van der Waals surface area contributed by atoms with Crippen LogP contribution >= 0.6 is 0 Å². The zero-order valence-corrected chi connectivity index (χ0v) is 23.4. The van der Waals surface area contributed by atoms with Crippen LogP contribution in [0.3, 0.4) is 0 Å². The zero-order chi connectivity index (χ0) is 32.3. The molecule has 0 spiro atoms. The molecule has 2 heterocycles. The summed E-state index contributed by atoms with van der Waals surface area (Å²) in [5.41, 5.74) is -4.91. The van der Waals surface area contributed by atoms with Crippen LogP contribution in [0.5, 0.6) is 0 Å². The first-order valence-corrected chi connectivity index (χ1v) is 12.9. The lowest BCUT2D eigenvalue weighted by Crippen LogP contribution is -2.79. The predicted molar refractivity (Wildman–Crippen MR) is 145 cm³/mol. The lowest BCUT2D eigenvalue weighted by atomic mass is 9.91. The van der Waals surface area contributed by atoms with Gasteiger partial charge in [-0.2, -0.15) is 0 Å². The van der Waals surface area contributed by atoms with E-state index in [1.54, 1.807) is 12.1 Å². The molecule has 0 saturated carbocycles. The van der Waals surface area contributed by atoms with E-state index in [1.165, 1.54) is 13.9 Å². The van der Waals surface area contributed by atoms with E-state index in [9.17, 15) is 50.1 Å². The number of nitrogens with one attached hydrogen (secondary N) is 1. The van der Waals surface area contributed by atoms with Gasteiger partial charge in [-0.3, -0.25) is 24.2 Å². The molecule has 234 valence electrons. The van der Waals surface area contributed by atoms with Gasteiger partial charge < -0.3 is 50.5 Å². The van der Waals surface area contributed by atoms with Gasteiger partial charge in [-0.25, -0.2) is 4.39 Å². The highest BCUT2D eigenvalue weighted by atomic mass is 19.1. The molecule has 2 aliphatic rings. The molecule has 17 heteroatoms. The molecule has 0 aliphatic carbocycles. The topological polar surface area (TPSA) is 230 Å². The van der Waals surface area contributed by atoms with Crippen molar-refractivity contribution >= 4 is 25.9 Å². The van der Waals surface area contributed by atoms with E-state index in [1.807, 2.05) is 10.2 Å². The summed E-state index contributed by atoms with van der Waals surface area (Å²) in [5, 5.41) is 74.1. The van der Waals surface area contributed by atoms with Crippen LogP contribution in [0.4, 0.5) is 4.39 Å². The van der Waals surface area contributed by atoms with Gasteiger partial charge >= 0.3 is 0 Å². The van der Waals surface area contributed by atoms with Crippen molar-refractivity contribution in [3.63, 3.8) is 0 Å². The number of likely N-dealkylation sites (N-methyl/N-ethyl adjacent to an activating group) is 1. The Morgan fingerprint density at radius 2 is 1.79 bits per heavy atom. The van der Waals surface area contributed by atoms with Crippen molar-refractivity contribution in [1.29, 1.82) is 0 Å². The lowest BCUT2D eigenvalue weighted by molar-refractivity contribution is -0.398. The fourth-order valence-corrected chi connectivity index (χ4v) is 4.63. The second-order valence-electron chi connectivity index (χ2n) is 9.93. The van der Waals surface area contributed by atoms with Gasteiger partial charge in [0.25, 0.3) is 29.1 Å². The van der Waals surface area contributed by atoms with Crippen LogP contribution in [0, 0.1) is 5.82 Å². The Morgan fingerprint density at radius 3 is 2.35 bits per heavy atom. The van der Waals surface area contributed by atoms with Gasteiger partial charge in [0.2, 0.25) is 0 Å². The number of aliphatic hydroxyl groups is 7. The van der Waals surface area contributed by atoms with Gasteiger partial charge in [-0.15, -0.1) is 0 Å². The highest BCUT2D eigenvalue weighted by molar-refractivity contribution is 6.22. The SMILES string of the molecule is B/C(OCc1cccc(CN2CCOCC2)c1F)=C1/CN(C(O)(C(=O)NC)C(O)(O)C(O)(O)C=O)C(=O)/C1=C(\O)C(=C)O. The Balaban J connectivity index is 2.03. The van der Waals surface area contributed by atoms with Crippen LogP contribution < -0.4 is 5.32 Å². The van der Waals surface area contributed by atoms with E-state index in [2.05, 4.69) is 6.58 Å². The van der Waals surface area contributed by atoms with Crippen molar-refractivity contribution in [3.05, 3.63) is 70.0 Å². The van der Waals surface area contributed by atoms with Gasteiger partial charge in [0.15, 0.2) is 25.7 Å². The number of hydrogen-bond acceptors (Lipinski definition) is 13. The number of halogens is 1. The summed E-state index contributed by atoms with van der Waals surface area (Å²) in [6.07, 6.45) is -0.807. The van der Waals surface area contributed by atoms with Crippen molar-refractivity contribution in [2.45, 2.75) is 30.5 Å². The monoisotopic (exact) mass is 609 g/mol. The largest absolute Gasteiger partial charge is 0.505 e. The van der Waals surface area contributed by atoms with Crippen LogP contribution in [-0.4, -0.2) is 129 Å². The molecule has 1 unspecified atom stereocenters. The number of morpholine rings is 1. The Labute approximate surface area is 245 Å². The molecule has 0 bridgehead atoms. The molecular weight excluding hydrogens is 576 g/mol. The van der Waals surface area contributed by atoms with Crippen molar-refractivity contribution in [2.24, 2.45) is 0 Å². The molecule has 0 aromatic heterocycles. The first-order valence-electron chi connectivity index (χ1n) is 12.9. The van der Waals surface area contributed by atoms with Crippen molar-refractivity contribution < 1.29 is 64.0 Å². The minimum Gasteiger partial charge on any atom is -0.505 e. The van der Waals surface area contributed by atoms with Crippen LogP contribution in [0.1, 0.15) is 11.1 Å². The number of nitrogens with zero attached hydrogens (tertiary/aromatic N) is 2. The molecular formula is C26H33BFN3O12.